The molecule has 1 aliphatic heterocycles. The lowest BCUT2D eigenvalue weighted by atomic mass is 10.2. The second-order valence-corrected chi connectivity index (χ2v) is 3.84. The molecule has 6 heteroatoms. The van der Waals surface area contributed by atoms with Gasteiger partial charge >= 0.3 is 0 Å². The minimum atomic E-state index is -0.594. The van der Waals surface area contributed by atoms with Crippen molar-refractivity contribution in [1.82, 2.24) is 4.98 Å². The van der Waals surface area contributed by atoms with Crippen molar-refractivity contribution in [2.24, 2.45) is 5.73 Å². The van der Waals surface area contributed by atoms with Crippen molar-refractivity contribution >= 4 is 5.91 Å². The van der Waals surface area contributed by atoms with Crippen LogP contribution in [0.1, 0.15) is 10.4 Å². The fourth-order valence-electron chi connectivity index (χ4n) is 1.71. The quantitative estimate of drug-likeness (QED) is 0.905. The lowest BCUT2D eigenvalue weighted by Crippen LogP contribution is -2.12. The molecule has 0 saturated carbocycles. The van der Waals surface area contributed by atoms with Gasteiger partial charge in [-0.3, -0.25) is 4.79 Å². The van der Waals surface area contributed by atoms with E-state index in [9.17, 15) is 4.79 Å². The maximum atomic E-state index is 11.3. The Kier molecular flexibility index (Phi) is 2.68. The van der Waals surface area contributed by atoms with E-state index in [4.69, 9.17) is 19.9 Å². The summed E-state index contributed by atoms with van der Waals surface area (Å²) in [5, 5.41) is 0. The van der Waals surface area contributed by atoms with Crippen LogP contribution in [0.25, 0.3) is 0 Å². The Balaban J connectivity index is 1.91. The maximum absolute atomic E-state index is 11.3. The molecule has 1 aromatic heterocycles. The van der Waals surface area contributed by atoms with Gasteiger partial charge in [-0.05, 0) is 24.3 Å². The van der Waals surface area contributed by atoms with Crippen molar-refractivity contribution < 1.29 is 19.0 Å². The van der Waals surface area contributed by atoms with Crippen LogP contribution in [-0.4, -0.2) is 17.7 Å². The molecule has 1 aliphatic rings. The topological polar surface area (TPSA) is 83.7 Å². The van der Waals surface area contributed by atoms with Crippen LogP contribution >= 0.6 is 0 Å². The number of hydrogen-bond acceptors (Lipinski definition) is 5. The van der Waals surface area contributed by atoms with E-state index >= 15 is 0 Å². The highest BCUT2D eigenvalue weighted by Gasteiger charge is 2.16. The summed E-state index contributed by atoms with van der Waals surface area (Å²) in [6, 6.07) is 8.27. The van der Waals surface area contributed by atoms with Crippen molar-refractivity contribution in [1.29, 1.82) is 0 Å². The van der Waals surface area contributed by atoms with Crippen molar-refractivity contribution in [3.05, 3.63) is 42.1 Å². The van der Waals surface area contributed by atoms with E-state index in [0.717, 1.165) is 0 Å². The van der Waals surface area contributed by atoms with Gasteiger partial charge in [0.2, 0.25) is 12.7 Å². The highest BCUT2D eigenvalue weighted by atomic mass is 16.7. The van der Waals surface area contributed by atoms with Crippen molar-refractivity contribution in [3.8, 4) is 23.1 Å². The van der Waals surface area contributed by atoms with Gasteiger partial charge in [-0.15, -0.1) is 0 Å². The summed E-state index contributed by atoms with van der Waals surface area (Å²) in [5.41, 5.74) is 5.48. The van der Waals surface area contributed by atoms with Crippen LogP contribution in [-0.2, 0) is 0 Å². The van der Waals surface area contributed by atoms with Crippen LogP contribution in [0.15, 0.2) is 36.5 Å². The van der Waals surface area contributed by atoms with E-state index < -0.39 is 5.91 Å². The molecule has 0 bridgehead atoms. The minimum Gasteiger partial charge on any atom is -0.454 e. The summed E-state index contributed by atoms with van der Waals surface area (Å²) in [7, 11) is 0. The van der Waals surface area contributed by atoms with Crippen molar-refractivity contribution in [2.45, 2.75) is 0 Å². The van der Waals surface area contributed by atoms with E-state index in [1.807, 2.05) is 0 Å². The predicted octanol–water partition coefficient (Wildman–Crippen LogP) is 1.70. The number of rotatable bonds is 3. The molecule has 96 valence electrons. The first kappa shape index (κ1) is 11.3. The first-order valence-electron chi connectivity index (χ1n) is 5.56. The molecule has 0 radical (unpaired) electrons. The molecule has 1 amide bonds. The number of hydrogen-bond donors (Lipinski definition) is 1. The molecule has 19 heavy (non-hydrogen) atoms. The van der Waals surface area contributed by atoms with Gasteiger partial charge < -0.3 is 19.9 Å². The number of carbonyl (C=O) groups excluding carboxylic acids is 1. The lowest BCUT2D eigenvalue weighted by Gasteiger charge is -2.08. The Morgan fingerprint density at radius 1 is 1.26 bits per heavy atom. The molecule has 1 aromatic carbocycles. The number of amides is 1. The molecule has 2 heterocycles. The molecule has 2 N–H and O–H groups in total. The average molecular weight is 258 g/mol. The number of nitrogens with zero attached hydrogens (tertiary/aromatic N) is 1. The van der Waals surface area contributed by atoms with Crippen LogP contribution < -0.4 is 19.9 Å². The summed E-state index contributed by atoms with van der Waals surface area (Å²) in [6.07, 6.45) is 1.52. The van der Waals surface area contributed by atoms with Gasteiger partial charge in [-0.2, -0.15) is 0 Å². The number of nitrogens with two attached hydrogens (primary N) is 1. The number of ether oxygens (including phenoxy) is 3. The average Bonchev–Trinajstić information content (AvgIpc) is 2.86. The van der Waals surface area contributed by atoms with E-state index in [1.165, 1.54) is 6.20 Å². The molecule has 0 spiro atoms. The first-order valence-corrected chi connectivity index (χ1v) is 5.56. The van der Waals surface area contributed by atoms with Gasteiger partial charge in [0.25, 0.3) is 5.91 Å². The summed E-state index contributed by atoms with van der Waals surface area (Å²) < 4.78 is 16.0. The molecular weight excluding hydrogens is 248 g/mol. The summed E-state index contributed by atoms with van der Waals surface area (Å²) in [6.45, 7) is 0.189. The lowest BCUT2D eigenvalue weighted by molar-refractivity contribution is 0.0997. The molecule has 0 fully saturated rings. The highest BCUT2D eigenvalue weighted by Crippen LogP contribution is 2.36. The number of pyridine rings is 1. The number of primary amides is 1. The smallest absolute Gasteiger partial charge is 0.254 e. The Hall–Kier alpha value is -2.76. The second kappa shape index (κ2) is 4.49. The molecular formula is C13H10N2O4. The van der Waals surface area contributed by atoms with Gasteiger partial charge in [0.15, 0.2) is 11.5 Å². The molecule has 6 nitrogen and oxygen atoms in total. The monoisotopic (exact) mass is 258 g/mol. The molecule has 0 saturated heterocycles. The zero-order chi connectivity index (χ0) is 13.2. The molecule has 2 aromatic rings. The third kappa shape index (κ3) is 2.15. The summed E-state index contributed by atoms with van der Waals surface area (Å²) in [4.78, 5) is 15.3. The third-order valence-corrected chi connectivity index (χ3v) is 2.60. The zero-order valence-electron chi connectivity index (χ0n) is 9.83. The van der Waals surface area contributed by atoms with Crippen LogP contribution in [0.3, 0.4) is 0 Å². The summed E-state index contributed by atoms with van der Waals surface area (Å²) >= 11 is 0. The second-order valence-electron chi connectivity index (χ2n) is 3.84. The van der Waals surface area contributed by atoms with E-state index in [1.54, 1.807) is 30.3 Å². The third-order valence-electron chi connectivity index (χ3n) is 2.60. The summed E-state index contributed by atoms with van der Waals surface area (Å²) in [5.74, 6) is 1.31. The zero-order valence-corrected chi connectivity index (χ0v) is 9.83. The first-order chi connectivity index (χ1) is 9.24. The van der Waals surface area contributed by atoms with Gasteiger partial charge in [0, 0.05) is 12.3 Å². The van der Waals surface area contributed by atoms with E-state index in [-0.39, 0.29) is 18.2 Å². The molecule has 3 rings (SSSR count). The molecule has 0 unspecified atom stereocenters. The number of aromatic nitrogens is 1. The highest BCUT2D eigenvalue weighted by molar-refractivity contribution is 5.95. The number of fused-ring (bicyclic) bond motifs is 1. The van der Waals surface area contributed by atoms with Crippen LogP contribution in [0, 0.1) is 0 Å². The van der Waals surface area contributed by atoms with Crippen molar-refractivity contribution in [2.75, 3.05) is 6.79 Å². The normalized spacial score (nSPS) is 12.2. The molecule has 0 atom stereocenters. The standard InChI is InChI=1S/C13H10N2O4/c14-12(16)9-2-1-5-15-13(9)19-8-3-4-10-11(6-8)18-7-17-10/h1-6H,7H2,(H2,14,16). The van der Waals surface area contributed by atoms with Crippen LogP contribution in [0.4, 0.5) is 0 Å². The van der Waals surface area contributed by atoms with E-state index in [2.05, 4.69) is 4.98 Å². The number of benzene rings is 1. The Bertz CT molecular complexity index is 642. The fourth-order valence-corrected chi connectivity index (χ4v) is 1.71. The SMILES string of the molecule is NC(=O)c1cccnc1Oc1ccc2c(c1)OCO2. The van der Waals surface area contributed by atoms with Gasteiger partial charge in [0.05, 0.1) is 0 Å². The predicted molar refractivity (Wildman–Crippen MR) is 65.4 cm³/mol. The van der Waals surface area contributed by atoms with Gasteiger partial charge in [-0.25, -0.2) is 4.98 Å². The minimum absolute atomic E-state index is 0.161. The Morgan fingerprint density at radius 2 is 2.11 bits per heavy atom. The Morgan fingerprint density at radius 3 is 2.95 bits per heavy atom. The fraction of sp³-hybridized carbons (Fsp3) is 0.0769. The largest absolute Gasteiger partial charge is 0.454 e. The Labute approximate surface area is 108 Å². The van der Waals surface area contributed by atoms with Crippen molar-refractivity contribution in [3.63, 3.8) is 0 Å². The van der Waals surface area contributed by atoms with Gasteiger partial charge in [0.1, 0.15) is 11.3 Å². The van der Waals surface area contributed by atoms with Crippen LogP contribution in [0.2, 0.25) is 0 Å². The number of carbonyl (C=O) groups is 1. The molecule has 0 aliphatic carbocycles. The maximum Gasteiger partial charge on any atom is 0.254 e. The van der Waals surface area contributed by atoms with Gasteiger partial charge in [-0.1, -0.05) is 0 Å². The van der Waals surface area contributed by atoms with E-state index in [0.29, 0.717) is 17.2 Å². The van der Waals surface area contributed by atoms with Crippen LogP contribution in [0.5, 0.6) is 23.1 Å².